The van der Waals surface area contributed by atoms with Crippen LogP contribution in [-0.2, 0) is 26.1 Å². The Hall–Kier alpha value is -4.04. The van der Waals surface area contributed by atoms with Gasteiger partial charge in [0.25, 0.3) is 5.56 Å². The first-order chi connectivity index (χ1) is 17.0. The lowest BCUT2D eigenvalue weighted by Crippen LogP contribution is -2.30. The molecule has 3 heterocycles. The van der Waals surface area contributed by atoms with Crippen molar-refractivity contribution < 1.29 is 4.42 Å². The van der Waals surface area contributed by atoms with Gasteiger partial charge in [-0.15, -0.1) is 5.10 Å². The highest BCUT2D eigenvalue weighted by Crippen LogP contribution is 2.18. The van der Waals surface area contributed by atoms with E-state index in [1.54, 1.807) is 10.9 Å². The number of fused-ring (bicyclic) bond motifs is 1. The van der Waals surface area contributed by atoms with Crippen LogP contribution in [0, 0.1) is 13.8 Å². The predicted octanol–water partition coefficient (Wildman–Crippen LogP) is 4.02. The van der Waals surface area contributed by atoms with E-state index in [-0.39, 0.29) is 5.56 Å². The highest BCUT2D eigenvalue weighted by molar-refractivity contribution is 5.80. The molecule has 0 spiro atoms. The lowest BCUT2D eigenvalue weighted by molar-refractivity contribution is 0.247. The molecule has 0 radical (unpaired) electrons. The molecule has 178 valence electrons. The number of H-pyrrole nitrogens is 1. The van der Waals surface area contributed by atoms with Crippen LogP contribution in [0.4, 0.5) is 0 Å². The number of benzene rings is 2. The van der Waals surface area contributed by atoms with Gasteiger partial charge in [-0.25, -0.2) is 4.68 Å². The van der Waals surface area contributed by atoms with Crippen molar-refractivity contribution in [3.8, 4) is 0 Å². The summed E-state index contributed by atoms with van der Waals surface area (Å²) in [7, 11) is 0. The zero-order valence-electron chi connectivity index (χ0n) is 19.9. The summed E-state index contributed by atoms with van der Waals surface area (Å²) in [5.74, 6) is 1.50. The van der Waals surface area contributed by atoms with Gasteiger partial charge in [0.1, 0.15) is 12.3 Å². The van der Waals surface area contributed by atoms with Crippen molar-refractivity contribution >= 4 is 10.9 Å². The van der Waals surface area contributed by atoms with Crippen LogP contribution in [0.1, 0.15) is 33.8 Å². The topological polar surface area (TPSA) is 92.8 Å². The van der Waals surface area contributed by atoms with Crippen molar-refractivity contribution in [2.75, 3.05) is 6.54 Å². The summed E-state index contributed by atoms with van der Waals surface area (Å²) in [6.07, 6.45) is 2.49. The summed E-state index contributed by atoms with van der Waals surface area (Å²) in [6, 6.07) is 20.3. The zero-order valence-corrected chi connectivity index (χ0v) is 19.9. The van der Waals surface area contributed by atoms with E-state index < -0.39 is 0 Å². The second-order valence-electron chi connectivity index (χ2n) is 8.93. The molecule has 3 aromatic heterocycles. The van der Waals surface area contributed by atoms with Crippen LogP contribution in [-0.4, -0.2) is 36.6 Å². The van der Waals surface area contributed by atoms with Gasteiger partial charge in [-0.1, -0.05) is 30.3 Å². The summed E-state index contributed by atoms with van der Waals surface area (Å²) >= 11 is 0. The van der Waals surface area contributed by atoms with Crippen LogP contribution in [0.3, 0.4) is 0 Å². The molecule has 2 aromatic carbocycles. The van der Waals surface area contributed by atoms with Crippen LogP contribution in [0.15, 0.2) is 76.1 Å². The van der Waals surface area contributed by atoms with Gasteiger partial charge >= 0.3 is 0 Å². The second-order valence-corrected chi connectivity index (χ2v) is 8.93. The number of aromatic amines is 1. The van der Waals surface area contributed by atoms with Crippen molar-refractivity contribution in [2.45, 2.75) is 39.9 Å². The van der Waals surface area contributed by atoms with Gasteiger partial charge in [-0.3, -0.25) is 9.69 Å². The predicted molar refractivity (Wildman–Crippen MR) is 134 cm³/mol. The summed E-state index contributed by atoms with van der Waals surface area (Å²) in [6.45, 7) is 6.34. The second kappa shape index (κ2) is 10.1. The Morgan fingerprint density at radius 2 is 1.83 bits per heavy atom. The van der Waals surface area contributed by atoms with Crippen molar-refractivity contribution in [1.29, 1.82) is 0 Å². The number of nitrogens with one attached hydrogen (secondary N) is 1. The Balaban J connectivity index is 1.42. The van der Waals surface area contributed by atoms with E-state index in [1.807, 2.05) is 42.5 Å². The molecular formula is C27H28N6O2. The molecule has 0 aliphatic rings. The van der Waals surface area contributed by atoms with Gasteiger partial charge in [0.2, 0.25) is 0 Å². The SMILES string of the molecule is Cc1cc2cc(CN(CCc3ccccc3)Cc3nnnn3Cc3ccco3)c(=O)[nH]c2cc1C. The molecule has 5 aromatic rings. The Bertz CT molecular complexity index is 1470. The largest absolute Gasteiger partial charge is 0.467 e. The molecule has 0 saturated carbocycles. The van der Waals surface area contributed by atoms with Crippen LogP contribution >= 0.6 is 0 Å². The highest BCUT2D eigenvalue weighted by Gasteiger charge is 2.16. The minimum absolute atomic E-state index is 0.0689. The Morgan fingerprint density at radius 1 is 1.00 bits per heavy atom. The Kier molecular flexibility index (Phi) is 6.54. The molecule has 5 rings (SSSR count). The third kappa shape index (κ3) is 5.38. The molecule has 0 saturated heterocycles. The molecule has 0 atom stereocenters. The molecule has 0 aliphatic carbocycles. The monoisotopic (exact) mass is 468 g/mol. The number of aromatic nitrogens is 5. The number of furan rings is 1. The standard InChI is InChI=1S/C27H28N6O2/c1-19-13-22-15-23(27(34)28-25(22)14-20(19)2)16-32(11-10-21-7-4-3-5-8-21)18-26-29-30-31-33(26)17-24-9-6-12-35-24/h3-9,12-15H,10-11,16-18H2,1-2H3,(H,28,34). The summed E-state index contributed by atoms with van der Waals surface area (Å²) in [4.78, 5) is 18.3. The van der Waals surface area contributed by atoms with Gasteiger partial charge in [-0.05, 0) is 83.1 Å². The third-order valence-electron chi connectivity index (χ3n) is 6.35. The highest BCUT2D eigenvalue weighted by atomic mass is 16.3. The van der Waals surface area contributed by atoms with Gasteiger partial charge in [0.15, 0.2) is 5.82 Å². The van der Waals surface area contributed by atoms with Gasteiger partial charge < -0.3 is 9.40 Å². The molecule has 0 unspecified atom stereocenters. The van der Waals surface area contributed by atoms with Crippen molar-refractivity contribution in [3.05, 3.63) is 111 Å². The van der Waals surface area contributed by atoms with Crippen LogP contribution < -0.4 is 5.56 Å². The number of rotatable bonds is 9. The van der Waals surface area contributed by atoms with Crippen LogP contribution in [0.5, 0.6) is 0 Å². The van der Waals surface area contributed by atoms with Crippen LogP contribution in [0.2, 0.25) is 0 Å². The molecule has 0 fully saturated rings. The van der Waals surface area contributed by atoms with Crippen LogP contribution in [0.25, 0.3) is 10.9 Å². The van der Waals surface area contributed by atoms with E-state index in [1.165, 1.54) is 11.1 Å². The number of hydrogen-bond acceptors (Lipinski definition) is 6. The third-order valence-corrected chi connectivity index (χ3v) is 6.35. The average molecular weight is 469 g/mol. The number of tetrazole rings is 1. The minimum atomic E-state index is -0.0689. The van der Waals surface area contributed by atoms with Crippen molar-refractivity contribution in [1.82, 2.24) is 30.1 Å². The van der Waals surface area contributed by atoms with E-state index >= 15 is 0 Å². The Morgan fingerprint density at radius 3 is 2.63 bits per heavy atom. The number of nitrogens with zero attached hydrogens (tertiary/aromatic N) is 5. The van der Waals surface area contributed by atoms with E-state index in [0.717, 1.165) is 46.6 Å². The maximum absolute atomic E-state index is 13.0. The fourth-order valence-corrected chi connectivity index (χ4v) is 4.24. The Labute approximate surface area is 203 Å². The number of pyridine rings is 1. The van der Waals surface area contributed by atoms with Crippen molar-refractivity contribution in [3.63, 3.8) is 0 Å². The molecule has 0 aliphatic heterocycles. The summed E-state index contributed by atoms with van der Waals surface area (Å²) < 4.78 is 7.21. The average Bonchev–Trinajstić information content (AvgIpc) is 3.53. The smallest absolute Gasteiger partial charge is 0.252 e. The van der Waals surface area contributed by atoms with Gasteiger partial charge in [-0.2, -0.15) is 0 Å². The minimum Gasteiger partial charge on any atom is -0.467 e. The first kappa shape index (κ1) is 22.7. The number of aryl methyl sites for hydroxylation is 2. The zero-order chi connectivity index (χ0) is 24.2. The van der Waals surface area contributed by atoms with E-state index in [4.69, 9.17) is 4.42 Å². The van der Waals surface area contributed by atoms with E-state index in [2.05, 4.69) is 57.5 Å². The maximum atomic E-state index is 13.0. The first-order valence-electron chi connectivity index (χ1n) is 11.7. The van der Waals surface area contributed by atoms with Gasteiger partial charge in [0.05, 0.1) is 12.8 Å². The molecular weight excluding hydrogens is 440 g/mol. The summed E-state index contributed by atoms with van der Waals surface area (Å²) in [5.41, 5.74) is 5.12. The van der Waals surface area contributed by atoms with E-state index in [0.29, 0.717) is 19.6 Å². The fraction of sp³-hybridized carbons (Fsp3) is 0.259. The molecule has 35 heavy (non-hydrogen) atoms. The summed E-state index contributed by atoms with van der Waals surface area (Å²) in [5, 5.41) is 13.3. The lowest BCUT2D eigenvalue weighted by Gasteiger charge is -2.22. The molecule has 8 nitrogen and oxygen atoms in total. The molecule has 0 amide bonds. The van der Waals surface area contributed by atoms with E-state index in [9.17, 15) is 4.79 Å². The lowest BCUT2D eigenvalue weighted by atomic mass is 10.0. The molecule has 1 N–H and O–H groups in total. The molecule has 8 heteroatoms. The number of hydrogen-bond donors (Lipinski definition) is 1. The van der Waals surface area contributed by atoms with Gasteiger partial charge in [0, 0.05) is 24.2 Å². The first-order valence-corrected chi connectivity index (χ1v) is 11.7. The quantitative estimate of drug-likeness (QED) is 0.351. The maximum Gasteiger partial charge on any atom is 0.252 e. The molecule has 0 bridgehead atoms. The normalized spacial score (nSPS) is 11.5. The van der Waals surface area contributed by atoms with Crippen molar-refractivity contribution in [2.24, 2.45) is 0 Å². The fourth-order valence-electron chi connectivity index (χ4n) is 4.24.